The first-order chi connectivity index (χ1) is 14.1. The van der Waals surface area contributed by atoms with Gasteiger partial charge in [0, 0.05) is 38.3 Å². The monoisotopic (exact) mass is 431 g/mol. The number of benzene rings is 2. The van der Waals surface area contributed by atoms with Gasteiger partial charge in [0.1, 0.15) is 0 Å². The highest BCUT2D eigenvalue weighted by Crippen LogP contribution is 2.23. The van der Waals surface area contributed by atoms with E-state index >= 15 is 0 Å². The average Bonchev–Trinajstić information content (AvgIpc) is 2.72. The fraction of sp³-hybridized carbons (Fsp3) is 0.522. The van der Waals surface area contributed by atoms with E-state index in [0.29, 0.717) is 31.1 Å². The van der Waals surface area contributed by atoms with Gasteiger partial charge >= 0.3 is 0 Å². The van der Waals surface area contributed by atoms with Crippen LogP contribution in [0, 0.1) is 0 Å². The van der Waals surface area contributed by atoms with Crippen LogP contribution in [-0.2, 0) is 14.8 Å². The summed E-state index contributed by atoms with van der Waals surface area (Å²) < 4.78 is 27.9. The Hall–Kier alpha value is -1.96. The van der Waals surface area contributed by atoms with Crippen LogP contribution in [0.25, 0.3) is 10.8 Å². The first-order valence-corrected chi connectivity index (χ1v) is 12.1. The topological polar surface area (TPSA) is 60.9 Å². The Bertz CT molecular complexity index is 988. The van der Waals surface area contributed by atoms with E-state index in [1.54, 1.807) is 12.1 Å². The molecule has 3 rings (SSSR count). The largest absolute Gasteiger partial charge is 0.336 e. The van der Waals surface area contributed by atoms with Crippen LogP contribution in [0.5, 0.6) is 0 Å². The van der Waals surface area contributed by atoms with E-state index in [1.165, 1.54) is 4.31 Å². The zero-order valence-electron chi connectivity index (χ0n) is 18.6. The van der Waals surface area contributed by atoms with Gasteiger partial charge in [-0.1, -0.05) is 30.3 Å². The number of nitrogens with zero attached hydrogens (tertiary/aromatic N) is 3. The third-order valence-corrected chi connectivity index (χ3v) is 7.80. The molecule has 0 aliphatic carbocycles. The molecule has 0 spiro atoms. The molecule has 1 atom stereocenters. The highest BCUT2D eigenvalue weighted by molar-refractivity contribution is 7.89. The Morgan fingerprint density at radius 1 is 0.867 bits per heavy atom. The molecule has 1 aliphatic heterocycles. The van der Waals surface area contributed by atoms with E-state index in [4.69, 9.17) is 0 Å². The van der Waals surface area contributed by atoms with E-state index in [-0.39, 0.29) is 24.0 Å². The molecule has 0 saturated carbocycles. The predicted molar refractivity (Wildman–Crippen MR) is 121 cm³/mol. The molecule has 0 unspecified atom stereocenters. The molecule has 2 aromatic rings. The van der Waals surface area contributed by atoms with Gasteiger partial charge in [-0.3, -0.25) is 9.69 Å². The van der Waals surface area contributed by atoms with Gasteiger partial charge in [0.05, 0.1) is 10.9 Å². The molecule has 6 nitrogen and oxygen atoms in total. The molecular weight excluding hydrogens is 398 g/mol. The number of piperazine rings is 1. The van der Waals surface area contributed by atoms with Crippen LogP contribution in [0.2, 0.25) is 0 Å². The normalized spacial score (nSPS) is 17.6. The van der Waals surface area contributed by atoms with Crippen molar-refractivity contribution >= 4 is 26.7 Å². The third-order valence-electron chi connectivity index (χ3n) is 5.90. The highest BCUT2D eigenvalue weighted by atomic mass is 32.2. The van der Waals surface area contributed by atoms with Crippen molar-refractivity contribution < 1.29 is 13.2 Å². The van der Waals surface area contributed by atoms with Crippen molar-refractivity contribution in [1.29, 1.82) is 0 Å². The molecule has 0 radical (unpaired) electrons. The molecule has 1 aliphatic rings. The quantitative estimate of drug-likeness (QED) is 0.705. The molecule has 1 fully saturated rings. The number of carbonyl (C=O) groups is 1. The first-order valence-electron chi connectivity index (χ1n) is 10.7. The summed E-state index contributed by atoms with van der Waals surface area (Å²) in [4.78, 5) is 17.3. The molecule has 164 valence electrons. The van der Waals surface area contributed by atoms with Crippen LogP contribution in [0.3, 0.4) is 0 Å². The molecule has 0 N–H and O–H groups in total. The number of hydrogen-bond acceptors (Lipinski definition) is 4. The van der Waals surface area contributed by atoms with Gasteiger partial charge in [0.25, 0.3) is 0 Å². The molecule has 1 amide bonds. The van der Waals surface area contributed by atoms with Crippen molar-refractivity contribution in [3.8, 4) is 0 Å². The molecule has 1 heterocycles. The minimum absolute atomic E-state index is 0.103. The summed E-state index contributed by atoms with van der Waals surface area (Å²) in [6.45, 7) is 11.9. The fourth-order valence-corrected chi connectivity index (χ4v) is 5.74. The molecule has 7 heteroatoms. The van der Waals surface area contributed by atoms with E-state index in [1.807, 2.05) is 69.9 Å². The van der Waals surface area contributed by atoms with Crippen molar-refractivity contribution in [3.05, 3.63) is 42.5 Å². The Kier molecular flexibility index (Phi) is 6.84. The van der Waals surface area contributed by atoms with Gasteiger partial charge in [-0.2, -0.15) is 4.31 Å². The van der Waals surface area contributed by atoms with Gasteiger partial charge in [-0.25, -0.2) is 8.42 Å². The molecule has 0 bridgehead atoms. The van der Waals surface area contributed by atoms with Crippen LogP contribution >= 0.6 is 0 Å². The number of hydrogen-bond donors (Lipinski definition) is 0. The van der Waals surface area contributed by atoms with E-state index < -0.39 is 10.0 Å². The van der Waals surface area contributed by atoms with Crippen molar-refractivity contribution in [1.82, 2.24) is 14.1 Å². The average molecular weight is 432 g/mol. The van der Waals surface area contributed by atoms with Crippen LogP contribution in [0.1, 0.15) is 34.6 Å². The number of amides is 1. The van der Waals surface area contributed by atoms with Crippen molar-refractivity contribution in [2.75, 3.05) is 26.2 Å². The SMILES string of the molecule is CC(C)N(C(=O)[C@@H](C)N1CCN(S(=O)(=O)c2ccc3ccccc3c2)CC1)C(C)C. The fourth-order valence-electron chi connectivity index (χ4n) is 4.29. The molecule has 1 saturated heterocycles. The number of sulfonamides is 1. The van der Waals surface area contributed by atoms with Gasteiger partial charge in [-0.05, 0) is 57.5 Å². The molecule has 30 heavy (non-hydrogen) atoms. The lowest BCUT2D eigenvalue weighted by Gasteiger charge is -2.40. The van der Waals surface area contributed by atoms with Crippen LogP contribution in [0.4, 0.5) is 0 Å². The van der Waals surface area contributed by atoms with Gasteiger partial charge < -0.3 is 4.90 Å². The highest BCUT2D eigenvalue weighted by Gasteiger charge is 2.34. The third kappa shape index (κ3) is 4.53. The van der Waals surface area contributed by atoms with Gasteiger partial charge in [0.15, 0.2) is 0 Å². The maximum Gasteiger partial charge on any atom is 0.243 e. The minimum atomic E-state index is -3.55. The Morgan fingerprint density at radius 2 is 1.43 bits per heavy atom. The lowest BCUT2D eigenvalue weighted by Crippen LogP contribution is -2.57. The summed E-state index contributed by atoms with van der Waals surface area (Å²) in [7, 11) is -3.55. The first kappa shape index (κ1) is 22.7. The number of fused-ring (bicyclic) bond motifs is 1. The van der Waals surface area contributed by atoms with E-state index in [9.17, 15) is 13.2 Å². The summed E-state index contributed by atoms with van der Waals surface area (Å²) in [6, 6.07) is 13.0. The minimum Gasteiger partial charge on any atom is -0.336 e. The molecule has 0 aromatic heterocycles. The van der Waals surface area contributed by atoms with Gasteiger partial charge in [0.2, 0.25) is 15.9 Å². The zero-order valence-corrected chi connectivity index (χ0v) is 19.4. The Morgan fingerprint density at radius 3 is 2.00 bits per heavy atom. The maximum absolute atomic E-state index is 13.2. The van der Waals surface area contributed by atoms with Crippen molar-refractivity contribution in [2.24, 2.45) is 0 Å². The van der Waals surface area contributed by atoms with Crippen LogP contribution < -0.4 is 0 Å². The second kappa shape index (κ2) is 9.04. The number of rotatable bonds is 6. The summed E-state index contributed by atoms with van der Waals surface area (Å²) in [5.74, 6) is 0.103. The second-order valence-electron chi connectivity index (χ2n) is 8.56. The Labute approximate surface area is 180 Å². The van der Waals surface area contributed by atoms with Crippen molar-refractivity contribution in [3.63, 3.8) is 0 Å². The predicted octanol–water partition coefficient (Wildman–Crippen LogP) is 3.18. The van der Waals surface area contributed by atoms with Crippen molar-refractivity contribution in [2.45, 2.75) is 57.6 Å². The lowest BCUT2D eigenvalue weighted by molar-refractivity contribution is -0.140. The second-order valence-corrected chi connectivity index (χ2v) is 10.5. The summed E-state index contributed by atoms with van der Waals surface area (Å²) in [5, 5.41) is 1.94. The van der Waals surface area contributed by atoms with E-state index in [0.717, 1.165) is 10.8 Å². The molecule has 2 aromatic carbocycles. The Balaban J connectivity index is 1.70. The lowest BCUT2D eigenvalue weighted by atomic mass is 10.1. The summed E-state index contributed by atoms with van der Waals surface area (Å²) in [5.41, 5.74) is 0. The zero-order chi connectivity index (χ0) is 22.1. The molecular formula is C23H33N3O3S. The van der Waals surface area contributed by atoms with E-state index in [2.05, 4.69) is 4.90 Å². The summed E-state index contributed by atoms with van der Waals surface area (Å²) in [6.07, 6.45) is 0. The maximum atomic E-state index is 13.2. The number of carbonyl (C=O) groups excluding carboxylic acids is 1. The summed E-state index contributed by atoms with van der Waals surface area (Å²) >= 11 is 0. The standard InChI is InChI=1S/C23H33N3O3S/c1-17(2)26(18(3)4)23(27)19(5)24-12-14-25(15-13-24)30(28,29)22-11-10-20-8-6-7-9-21(20)16-22/h6-11,16-19H,12-15H2,1-5H3/t19-/m1/s1. The van der Waals surface area contributed by atoms with Crippen LogP contribution in [0.15, 0.2) is 47.4 Å². The van der Waals surface area contributed by atoms with Gasteiger partial charge in [-0.15, -0.1) is 0 Å². The smallest absolute Gasteiger partial charge is 0.243 e. The van der Waals surface area contributed by atoms with Crippen LogP contribution in [-0.4, -0.2) is 72.7 Å².